The Kier molecular flexibility index (Phi) is 4.54. The Labute approximate surface area is 125 Å². The second-order valence-corrected chi connectivity index (χ2v) is 5.61. The number of hydrogen-bond donors (Lipinski definition) is 2. The van der Waals surface area contributed by atoms with Gasteiger partial charge in [0.25, 0.3) is 5.91 Å². The van der Waals surface area contributed by atoms with Crippen molar-refractivity contribution in [3.8, 4) is 0 Å². The lowest BCUT2D eigenvalue weighted by Gasteiger charge is -2.26. The van der Waals surface area contributed by atoms with Crippen molar-refractivity contribution in [3.05, 3.63) is 33.6 Å². The van der Waals surface area contributed by atoms with Crippen molar-refractivity contribution in [3.63, 3.8) is 0 Å². The van der Waals surface area contributed by atoms with Gasteiger partial charge >= 0.3 is 0 Å². The quantitative estimate of drug-likeness (QED) is 0.840. The van der Waals surface area contributed by atoms with E-state index in [1.165, 1.54) is 6.07 Å². The molecule has 1 aliphatic heterocycles. The van der Waals surface area contributed by atoms with Crippen molar-refractivity contribution >= 4 is 29.1 Å². The topological polar surface area (TPSA) is 58.6 Å². The Hall–Kier alpha value is -0.880. The number of benzene rings is 1. The first-order chi connectivity index (χ1) is 9.33. The van der Waals surface area contributed by atoms with Crippen LogP contribution in [0.5, 0.6) is 0 Å². The highest BCUT2D eigenvalue weighted by Crippen LogP contribution is 2.26. The molecule has 110 valence electrons. The van der Waals surface area contributed by atoms with Crippen LogP contribution >= 0.6 is 23.2 Å². The molecule has 0 radical (unpaired) electrons. The van der Waals surface area contributed by atoms with E-state index in [0.29, 0.717) is 13.0 Å². The van der Waals surface area contributed by atoms with Gasteiger partial charge in [0.05, 0.1) is 21.7 Å². The van der Waals surface area contributed by atoms with Crippen LogP contribution in [-0.2, 0) is 4.74 Å². The van der Waals surface area contributed by atoms with Crippen molar-refractivity contribution in [1.29, 1.82) is 0 Å². The van der Waals surface area contributed by atoms with Crippen LogP contribution in [0.4, 0.5) is 4.39 Å². The van der Waals surface area contributed by atoms with Crippen molar-refractivity contribution in [1.82, 2.24) is 5.32 Å². The Morgan fingerprint density at radius 2 is 2.25 bits per heavy atom. The van der Waals surface area contributed by atoms with Crippen molar-refractivity contribution in [2.75, 3.05) is 13.2 Å². The molecule has 2 N–H and O–H groups in total. The Bertz CT molecular complexity index is 541. The van der Waals surface area contributed by atoms with Gasteiger partial charge in [0.1, 0.15) is 11.4 Å². The largest absolute Gasteiger partial charge is 0.385 e. The lowest BCUT2D eigenvalue weighted by molar-refractivity contribution is -0.0251. The number of rotatable bonds is 3. The van der Waals surface area contributed by atoms with Gasteiger partial charge in [0.15, 0.2) is 0 Å². The van der Waals surface area contributed by atoms with Crippen LogP contribution in [0.25, 0.3) is 0 Å². The molecule has 1 aromatic rings. The number of ether oxygens (including phenoxy) is 1. The maximum Gasteiger partial charge on any atom is 0.253 e. The fourth-order valence-electron chi connectivity index (χ4n) is 2.03. The smallest absolute Gasteiger partial charge is 0.253 e. The van der Waals surface area contributed by atoms with Gasteiger partial charge in [0.2, 0.25) is 0 Å². The molecule has 0 spiro atoms. The van der Waals surface area contributed by atoms with Crippen LogP contribution in [0.15, 0.2) is 12.1 Å². The Morgan fingerprint density at radius 1 is 1.55 bits per heavy atom. The lowest BCUT2D eigenvalue weighted by Crippen LogP contribution is -2.47. The molecule has 2 atom stereocenters. The van der Waals surface area contributed by atoms with Crippen LogP contribution in [0.3, 0.4) is 0 Å². The predicted octanol–water partition coefficient (Wildman–Crippen LogP) is 2.40. The molecule has 20 heavy (non-hydrogen) atoms. The highest BCUT2D eigenvalue weighted by atomic mass is 35.5. The molecule has 1 amide bonds. The molecule has 0 aliphatic carbocycles. The lowest BCUT2D eigenvalue weighted by atomic mass is 9.96. The molecule has 0 aromatic heterocycles. The number of carbonyl (C=O) groups excluding carboxylic acids is 1. The molecule has 1 aromatic carbocycles. The molecule has 0 saturated carbocycles. The number of nitrogens with one attached hydrogen (secondary N) is 1. The van der Waals surface area contributed by atoms with E-state index in [1.807, 2.05) is 0 Å². The fourth-order valence-corrected chi connectivity index (χ4v) is 2.50. The third-order valence-electron chi connectivity index (χ3n) is 3.47. The molecule has 1 aliphatic rings. The third kappa shape index (κ3) is 3.06. The van der Waals surface area contributed by atoms with Gasteiger partial charge < -0.3 is 15.2 Å². The van der Waals surface area contributed by atoms with Gasteiger partial charge in [-0.2, -0.15) is 0 Å². The summed E-state index contributed by atoms with van der Waals surface area (Å²) < 4.78 is 18.6. The maximum atomic E-state index is 13.4. The maximum absolute atomic E-state index is 13.4. The van der Waals surface area contributed by atoms with E-state index in [1.54, 1.807) is 6.92 Å². The second kappa shape index (κ2) is 5.85. The van der Waals surface area contributed by atoms with Crippen LogP contribution < -0.4 is 5.32 Å². The Balaban J connectivity index is 2.08. The molecule has 2 unspecified atom stereocenters. The summed E-state index contributed by atoms with van der Waals surface area (Å²) in [5.41, 5.74) is -1.14. The molecule has 1 fully saturated rings. The Morgan fingerprint density at radius 3 is 2.85 bits per heavy atom. The summed E-state index contributed by atoms with van der Waals surface area (Å²) in [6.45, 7) is 2.17. The van der Waals surface area contributed by atoms with Crippen molar-refractivity contribution in [2.45, 2.75) is 25.0 Å². The van der Waals surface area contributed by atoms with Gasteiger partial charge in [-0.1, -0.05) is 23.2 Å². The highest BCUT2D eigenvalue weighted by Gasteiger charge is 2.39. The monoisotopic (exact) mass is 321 g/mol. The summed E-state index contributed by atoms with van der Waals surface area (Å²) in [5, 5.41) is 12.7. The van der Waals surface area contributed by atoms with Crippen molar-refractivity contribution < 1.29 is 19.0 Å². The fraction of sp³-hybridized carbons (Fsp3) is 0.462. The first kappa shape index (κ1) is 15.5. The standard InChI is InChI=1S/C13H14Cl2FNO3/c1-7-13(19,2-3-20-7)6-17-12(18)8-4-11(16)10(15)5-9(8)14/h4-5,7,19H,2-3,6H2,1H3,(H,17,18). The predicted molar refractivity (Wildman–Crippen MR) is 73.7 cm³/mol. The summed E-state index contributed by atoms with van der Waals surface area (Å²) in [4.78, 5) is 12.0. The molecule has 7 heteroatoms. The van der Waals surface area contributed by atoms with Gasteiger partial charge in [-0.15, -0.1) is 0 Å². The van der Waals surface area contributed by atoms with Gasteiger partial charge in [-0.25, -0.2) is 4.39 Å². The van der Waals surface area contributed by atoms with E-state index in [4.69, 9.17) is 27.9 Å². The van der Waals surface area contributed by atoms with E-state index in [0.717, 1.165) is 6.07 Å². The summed E-state index contributed by atoms with van der Waals surface area (Å²) in [6.07, 6.45) is 0.0529. The number of amides is 1. The van der Waals surface area contributed by atoms with Gasteiger partial charge in [0, 0.05) is 19.6 Å². The van der Waals surface area contributed by atoms with Crippen LogP contribution in [0, 0.1) is 5.82 Å². The number of hydrogen-bond acceptors (Lipinski definition) is 3. The van der Waals surface area contributed by atoms with E-state index >= 15 is 0 Å². The van der Waals surface area contributed by atoms with E-state index in [2.05, 4.69) is 5.32 Å². The molecule has 0 bridgehead atoms. The van der Waals surface area contributed by atoms with E-state index in [9.17, 15) is 14.3 Å². The minimum absolute atomic E-state index is 0.00751. The van der Waals surface area contributed by atoms with E-state index < -0.39 is 17.3 Å². The summed E-state index contributed by atoms with van der Waals surface area (Å²) in [7, 11) is 0. The normalized spacial score (nSPS) is 25.8. The summed E-state index contributed by atoms with van der Waals surface area (Å²) in [6, 6.07) is 2.14. The first-order valence-electron chi connectivity index (χ1n) is 6.10. The zero-order valence-corrected chi connectivity index (χ0v) is 12.3. The second-order valence-electron chi connectivity index (χ2n) is 4.80. The molecule has 1 saturated heterocycles. The average Bonchev–Trinajstić information content (AvgIpc) is 2.72. The molecular formula is C13H14Cl2FNO3. The SMILES string of the molecule is CC1OCCC1(O)CNC(=O)c1cc(F)c(Cl)cc1Cl. The zero-order chi connectivity index (χ0) is 14.9. The van der Waals surface area contributed by atoms with Gasteiger partial charge in [-0.3, -0.25) is 4.79 Å². The number of aliphatic hydroxyl groups is 1. The first-order valence-corrected chi connectivity index (χ1v) is 6.86. The average molecular weight is 322 g/mol. The molecular weight excluding hydrogens is 308 g/mol. The van der Waals surface area contributed by atoms with Crippen LogP contribution in [0.2, 0.25) is 10.0 Å². The van der Waals surface area contributed by atoms with Crippen LogP contribution in [-0.4, -0.2) is 35.9 Å². The summed E-state index contributed by atoms with van der Waals surface area (Å²) in [5.74, 6) is -1.30. The minimum atomic E-state index is -1.12. The summed E-state index contributed by atoms with van der Waals surface area (Å²) >= 11 is 11.4. The van der Waals surface area contributed by atoms with Crippen molar-refractivity contribution in [2.24, 2.45) is 0 Å². The highest BCUT2D eigenvalue weighted by molar-refractivity contribution is 6.36. The van der Waals surface area contributed by atoms with Gasteiger partial charge in [-0.05, 0) is 19.1 Å². The zero-order valence-electron chi connectivity index (χ0n) is 10.8. The number of halogens is 3. The van der Waals surface area contributed by atoms with E-state index in [-0.39, 0.29) is 28.3 Å². The molecule has 1 heterocycles. The molecule has 4 nitrogen and oxygen atoms in total. The minimum Gasteiger partial charge on any atom is -0.385 e. The number of carbonyl (C=O) groups is 1. The third-order valence-corrected chi connectivity index (χ3v) is 4.07. The molecule has 2 rings (SSSR count). The van der Waals surface area contributed by atoms with Crippen LogP contribution in [0.1, 0.15) is 23.7 Å².